The van der Waals surface area contributed by atoms with Gasteiger partial charge in [0.05, 0.1) is 5.69 Å². The molecule has 0 saturated heterocycles. The summed E-state index contributed by atoms with van der Waals surface area (Å²) in [6.07, 6.45) is 1.46. The van der Waals surface area contributed by atoms with Crippen LogP contribution in [0.15, 0.2) is 47.5 Å². The Morgan fingerprint density at radius 2 is 1.86 bits per heavy atom. The number of aromatic nitrogens is 3. The molecule has 0 aliphatic carbocycles. The summed E-state index contributed by atoms with van der Waals surface area (Å²) in [6.45, 7) is 8.35. The molecule has 2 heterocycles. The molecule has 29 heavy (non-hydrogen) atoms. The number of esters is 1. The zero-order valence-corrected chi connectivity index (χ0v) is 17.9. The number of pyridine rings is 1. The monoisotopic (exact) mass is 416 g/mol. The van der Waals surface area contributed by atoms with E-state index in [0.29, 0.717) is 17.2 Å². The van der Waals surface area contributed by atoms with Crippen molar-refractivity contribution in [2.45, 2.75) is 45.1 Å². The van der Waals surface area contributed by atoms with Crippen LogP contribution in [-0.4, -0.2) is 41.1 Å². The van der Waals surface area contributed by atoms with Crippen molar-refractivity contribution < 1.29 is 17.9 Å². The highest BCUT2D eigenvalue weighted by molar-refractivity contribution is 7.92. The van der Waals surface area contributed by atoms with Gasteiger partial charge in [-0.2, -0.15) is 0 Å². The number of hydrogen-bond acceptors (Lipinski definition) is 6. The zero-order chi connectivity index (χ0) is 21.4. The van der Waals surface area contributed by atoms with Crippen molar-refractivity contribution in [3.05, 3.63) is 54.0 Å². The van der Waals surface area contributed by atoms with Crippen LogP contribution in [0, 0.1) is 13.8 Å². The van der Waals surface area contributed by atoms with E-state index >= 15 is 0 Å². The normalized spacial score (nSPS) is 12.2. The molecule has 0 bridgehead atoms. The van der Waals surface area contributed by atoms with Gasteiger partial charge in [-0.25, -0.2) is 8.42 Å². The van der Waals surface area contributed by atoms with Crippen LogP contribution in [0.25, 0.3) is 5.65 Å². The molecule has 2 aromatic heterocycles. The molecule has 8 nitrogen and oxygen atoms in total. The van der Waals surface area contributed by atoms with Crippen LogP contribution in [0.5, 0.6) is 0 Å². The van der Waals surface area contributed by atoms with Crippen molar-refractivity contribution in [1.29, 1.82) is 0 Å². The number of benzene rings is 1. The van der Waals surface area contributed by atoms with Gasteiger partial charge in [-0.05, 0) is 64.4 Å². The Morgan fingerprint density at radius 3 is 2.52 bits per heavy atom. The fourth-order valence-corrected chi connectivity index (χ4v) is 4.25. The summed E-state index contributed by atoms with van der Waals surface area (Å²) < 4.78 is 35.0. The summed E-state index contributed by atoms with van der Waals surface area (Å²) in [7, 11) is -4.05. The van der Waals surface area contributed by atoms with Crippen LogP contribution < -0.4 is 4.31 Å². The summed E-state index contributed by atoms with van der Waals surface area (Å²) in [5.41, 5.74) is 1.07. The minimum atomic E-state index is -4.05. The largest absolute Gasteiger partial charge is 0.459 e. The van der Waals surface area contributed by atoms with Gasteiger partial charge in [0.25, 0.3) is 10.0 Å². The molecule has 0 spiro atoms. The fourth-order valence-electron chi connectivity index (χ4n) is 2.85. The van der Waals surface area contributed by atoms with Crippen molar-refractivity contribution in [2.75, 3.05) is 10.8 Å². The lowest BCUT2D eigenvalue weighted by molar-refractivity contribution is -0.152. The lowest BCUT2D eigenvalue weighted by atomic mass is 10.2. The van der Waals surface area contributed by atoms with Crippen LogP contribution in [-0.2, 0) is 19.6 Å². The predicted octanol–water partition coefficient (Wildman–Crippen LogP) is 2.88. The van der Waals surface area contributed by atoms with E-state index < -0.39 is 28.1 Å². The van der Waals surface area contributed by atoms with E-state index in [1.807, 2.05) is 13.0 Å². The van der Waals surface area contributed by atoms with Gasteiger partial charge in [0.1, 0.15) is 22.9 Å². The maximum atomic E-state index is 13.5. The Hall–Kier alpha value is -2.94. The van der Waals surface area contributed by atoms with Gasteiger partial charge in [0, 0.05) is 6.20 Å². The van der Waals surface area contributed by atoms with E-state index in [1.54, 1.807) is 56.4 Å². The Balaban J connectivity index is 2.07. The van der Waals surface area contributed by atoms with Gasteiger partial charge >= 0.3 is 5.97 Å². The number of anilines is 1. The number of nitrogens with zero attached hydrogens (tertiary/aromatic N) is 4. The third kappa shape index (κ3) is 4.56. The maximum absolute atomic E-state index is 13.5. The van der Waals surface area contributed by atoms with E-state index in [1.165, 1.54) is 12.3 Å². The van der Waals surface area contributed by atoms with E-state index in [0.717, 1.165) is 9.87 Å². The number of ether oxygens (including phenoxy) is 1. The molecular weight excluding hydrogens is 392 g/mol. The summed E-state index contributed by atoms with van der Waals surface area (Å²) in [6, 6.07) is 10.00. The number of sulfonamides is 1. The molecule has 1 aromatic carbocycles. The first-order chi connectivity index (χ1) is 13.5. The molecule has 0 aliphatic heterocycles. The van der Waals surface area contributed by atoms with Crippen molar-refractivity contribution in [3.63, 3.8) is 0 Å². The highest BCUT2D eigenvalue weighted by atomic mass is 32.2. The maximum Gasteiger partial charge on any atom is 0.327 e. The quantitative estimate of drug-likeness (QED) is 0.594. The molecule has 0 radical (unpaired) electrons. The minimum absolute atomic E-state index is 0.0259. The SMILES string of the molecule is Cc1cccc(N(CC(=O)OC(C)(C)C)S(=O)(=O)c2ccc3nnc(C)n3c2)c1. The lowest BCUT2D eigenvalue weighted by Gasteiger charge is -2.26. The topological polar surface area (TPSA) is 93.9 Å². The van der Waals surface area contributed by atoms with Crippen molar-refractivity contribution >= 4 is 27.3 Å². The number of rotatable bonds is 5. The van der Waals surface area contributed by atoms with Crippen LogP contribution in [0.3, 0.4) is 0 Å². The second-order valence-corrected chi connectivity index (χ2v) is 9.64. The Morgan fingerprint density at radius 1 is 1.14 bits per heavy atom. The second-order valence-electron chi connectivity index (χ2n) is 7.78. The molecule has 0 aliphatic rings. The van der Waals surface area contributed by atoms with Gasteiger partial charge in [0.15, 0.2) is 5.65 Å². The molecule has 0 amide bonds. The third-order valence-electron chi connectivity index (χ3n) is 4.12. The Bertz CT molecular complexity index is 1160. The van der Waals surface area contributed by atoms with Gasteiger partial charge < -0.3 is 4.74 Å². The van der Waals surface area contributed by atoms with Gasteiger partial charge in [-0.1, -0.05) is 12.1 Å². The van der Waals surface area contributed by atoms with Crippen molar-refractivity contribution in [2.24, 2.45) is 0 Å². The smallest absolute Gasteiger partial charge is 0.327 e. The Kier molecular flexibility index (Phi) is 5.36. The first kappa shape index (κ1) is 20.8. The summed E-state index contributed by atoms with van der Waals surface area (Å²) in [5, 5.41) is 7.93. The number of fused-ring (bicyclic) bond motifs is 1. The molecule has 9 heteroatoms. The summed E-state index contributed by atoms with van der Waals surface area (Å²) in [4.78, 5) is 12.5. The van der Waals surface area contributed by atoms with Crippen LogP contribution in [0.4, 0.5) is 5.69 Å². The van der Waals surface area contributed by atoms with Gasteiger partial charge in [-0.3, -0.25) is 13.5 Å². The van der Waals surface area contributed by atoms with Gasteiger partial charge in [0.2, 0.25) is 0 Å². The number of carbonyl (C=O) groups is 1. The molecule has 154 valence electrons. The summed E-state index contributed by atoms with van der Waals surface area (Å²) >= 11 is 0. The zero-order valence-electron chi connectivity index (χ0n) is 17.1. The van der Waals surface area contributed by atoms with Crippen LogP contribution in [0.2, 0.25) is 0 Å². The van der Waals surface area contributed by atoms with E-state index in [4.69, 9.17) is 4.74 Å². The molecule has 3 rings (SSSR count). The lowest BCUT2D eigenvalue weighted by Crippen LogP contribution is -2.39. The van der Waals surface area contributed by atoms with E-state index in [2.05, 4.69) is 10.2 Å². The number of aryl methyl sites for hydroxylation is 2. The Labute approximate surface area is 170 Å². The predicted molar refractivity (Wildman–Crippen MR) is 109 cm³/mol. The number of hydrogen-bond donors (Lipinski definition) is 0. The van der Waals surface area contributed by atoms with Crippen molar-refractivity contribution in [3.8, 4) is 0 Å². The van der Waals surface area contributed by atoms with E-state index in [-0.39, 0.29) is 4.90 Å². The summed E-state index contributed by atoms with van der Waals surface area (Å²) in [5.74, 6) is -0.0737. The highest BCUT2D eigenvalue weighted by Crippen LogP contribution is 2.25. The second kappa shape index (κ2) is 7.47. The minimum Gasteiger partial charge on any atom is -0.459 e. The van der Waals surface area contributed by atoms with Crippen LogP contribution in [0.1, 0.15) is 32.2 Å². The van der Waals surface area contributed by atoms with Crippen LogP contribution >= 0.6 is 0 Å². The average molecular weight is 417 g/mol. The first-order valence-corrected chi connectivity index (χ1v) is 10.5. The first-order valence-electron chi connectivity index (χ1n) is 9.10. The van der Waals surface area contributed by atoms with Crippen molar-refractivity contribution in [1.82, 2.24) is 14.6 Å². The molecule has 0 atom stereocenters. The fraction of sp³-hybridized carbons (Fsp3) is 0.350. The third-order valence-corrected chi connectivity index (χ3v) is 5.87. The average Bonchev–Trinajstić information content (AvgIpc) is 2.98. The molecule has 0 fully saturated rings. The van der Waals surface area contributed by atoms with Gasteiger partial charge in [-0.15, -0.1) is 10.2 Å². The molecule has 0 N–H and O–H groups in total. The standard InChI is InChI=1S/C20H24N4O4S/c1-14-7-6-8-16(11-14)24(13-19(25)28-20(3,4)5)29(26,27)17-9-10-18-22-21-15(2)23(18)12-17/h6-12H,13H2,1-5H3. The molecule has 0 saturated carbocycles. The number of carbonyl (C=O) groups excluding carboxylic acids is 1. The molecular formula is C20H24N4O4S. The van der Waals surface area contributed by atoms with E-state index in [9.17, 15) is 13.2 Å². The molecule has 0 unspecified atom stereocenters. The highest BCUT2D eigenvalue weighted by Gasteiger charge is 2.30. The molecule has 3 aromatic rings.